The maximum Gasteiger partial charge on any atom is 0.242 e. The van der Waals surface area contributed by atoms with Gasteiger partial charge in [0.1, 0.15) is 5.25 Å². The lowest BCUT2D eigenvalue weighted by atomic mass is 10.1. The average Bonchev–Trinajstić information content (AvgIpc) is 3.38. The zero-order valence-electron chi connectivity index (χ0n) is 15.9. The number of carbonyl (C=O) groups excluding carboxylic acids is 1. The summed E-state index contributed by atoms with van der Waals surface area (Å²) in [6.45, 7) is 1.31. The standard InChI is InChI=1S/C20H19Cl2N5O2S/c21-14-9-15(22)11-16(10-14)23-19(28)18(13-5-2-1-3-6-13)30-20-24-25-26-27(20)12-17-7-4-8-29-17/h1-3,5-6,9-11,17-18H,4,7-8,12H2,(H,23,28)/t17-,18+/m1/s1. The third kappa shape index (κ3) is 5.31. The van der Waals surface area contributed by atoms with E-state index >= 15 is 0 Å². The Balaban J connectivity index is 1.56. The molecule has 1 fully saturated rings. The molecule has 2 atom stereocenters. The molecule has 0 radical (unpaired) electrons. The van der Waals surface area contributed by atoms with Gasteiger partial charge in [0.2, 0.25) is 11.1 Å². The Hall–Kier alpha value is -2.13. The van der Waals surface area contributed by atoms with Crippen molar-refractivity contribution in [3.05, 3.63) is 64.1 Å². The van der Waals surface area contributed by atoms with Crippen molar-refractivity contribution in [1.29, 1.82) is 0 Å². The summed E-state index contributed by atoms with van der Waals surface area (Å²) in [4.78, 5) is 13.2. The number of amides is 1. The van der Waals surface area contributed by atoms with Gasteiger partial charge in [0.05, 0.1) is 12.6 Å². The number of hydrogen-bond donors (Lipinski definition) is 1. The SMILES string of the molecule is O=C(Nc1cc(Cl)cc(Cl)c1)[C@@H](Sc1nnnn1C[C@H]1CCCO1)c1ccccc1. The molecule has 1 saturated heterocycles. The Morgan fingerprint density at radius 1 is 1.23 bits per heavy atom. The number of tetrazole rings is 1. The van der Waals surface area contributed by atoms with E-state index in [1.807, 2.05) is 30.3 Å². The summed E-state index contributed by atoms with van der Waals surface area (Å²) in [5.74, 6) is -0.226. The summed E-state index contributed by atoms with van der Waals surface area (Å²) < 4.78 is 7.38. The number of nitrogens with one attached hydrogen (secondary N) is 1. The lowest BCUT2D eigenvalue weighted by Gasteiger charge is -2.17. The molecule has 1 amide bonds. The lowest BCUT2D eigenvalue weighted by molar-refractivity contribution is -0.115. The third-order valence-corrected chi connectivity index (χ3v) is 6.26. The molecule has 1 aliphatic heterocycles. The minimum absolute atomic E-state index is 0.0884. The van der Waals surface area contributed by atoms with E-state index < -0.39 is 5.25 Å². The fraction of sp³-hybridized carbons (Fsp3) is 0.300. The van der Waals surface area contributed by atoms with Crippen LogP contribution in [0.15, 0.2) is 53.7 Å². The molecule has 1 N–H and O–H groups in total. The highest BCUT2D eigenvalue weighted by Crippen LogP contribution is 2.35. The number of ether oxygens (including phenoxy) is 1. The molecule has 1 aliphatic rings. The number of aromatic nitrogens is 4. The zero-order chi connectivity index (χ0) is 20.9. The molecule has 156 valence electrons. The van der Waals surface area contributed by atoms with Crippen LogP contribution in [0.2, 0.25) is 10.0 Å². The maximum absolute atomic E-state index is 13.2. The van der Waals surface area contributed by atoms with E-state index in [-0.39, 0.29) is 12.0 Å². The van der Waals surface area contributed by atoms with E-state index in [0.29, 0.717) is 27.4 Å². The predicted octanol–water partition coefficient (Wildman–Crippen LogP) is 4.63. The summed E-state index contributed by atoms with van der Waals surface area (Å²) in [5, 5.41) is 15.8. The number of hydrogen-bond acceptors (Lipinski definition) is 6. The first-order valence-electron chi connectivity index (χ1n) is 9.45. The number of halogens is 2. The Kier molecular flexibility index (Phi) is 6.89. The lowest BCUT2D eigenvalue weighted by Crippen LogP contribution is -2.21. The van der Waals surface area contributed by atoms with Crippen molar-refractivity contribution in [2.45, 2.75) is 35.9 Å². The van der Waals surface area contributed by atoms with Crippen molar-refractivity contribution in [3.8, 4) is 0 Å². The van der Waals surface area contributed by atoms with Crippen molar-refractivity contribution in [2.75, 3.05) is 11.9 Å². The highest BCUT2D eigenvalue weighted by atomic mass is 35.5. The molecule has 10 heteroatoms. The predicted molar refractivity (Wildman–Crippen MR) is 117 cm³/mol. The Labute approximate surface area is 188 Å². The topological polar surface area (TPSA) is 81.9 Å². The molecule has 0 spiro atoms. The molecule has 1 aromatic heterocycles. The summed E-state index contributed by atoms with van der Waals surface area (Å²) in [7, 11) is 0. The molecule has 0 unspecified atom stereocenters. The smallest absolute Gasteiger partial charge is 0.242 e. The molecule has 2 aromatic carbocycles. The van der Waals surface area contributed by atoms with Gasteiger partial charge in [0, 0.05) is 22.3 Å². The van der Waals surface area contributed by atoms with Crippen molar-refractivity contribution in [1.82, 2.24) is 20.2 Å². The second-order valence-corrected chi connectivity index (χ2v) is 8.78. The van der Waals surface area contributed by atoms with Gasteiger partial charge in [-0.05, 0) is 47.0 Å². The Morgan fingerprint density at radius 3 is 2.70 bits per heavy atom. The summed E-state index contributed by atoms with van der Waals surface area (Å²) >= 11 is 13.4. The first-order chi connectivity index (χ1) is 14.6. The Bertz CT molecular complexity index is 991. The van der Waals surface area contributed by atoms with E-state index in [4.69, 9.17) is 27.9 Å². The molecule has 0 bridgehead atoms. The van der Waals surface area contributed by atoms with Gasteiger partial charge in [-0.25, -0.2) is 4.68 Å². The van der Waals surface area contributed by atoms with Crippen LogP contribution in [0, 0.1) is 0 Å². The first kappa shape index (κ1) is 21.1. The van der Waals surface area contributed by atoms with Gasteiger partial charge in [-0.2, -0.15) is 0 Å². The normalized spacial score (nSPS) is 17.1. The van der Waals surface area contributed by atoms with Gasteiger partial charge in [-0.1, -0.05) is 65.3 Å². The fourth-order valence-corrected chi connectivity index (χ4v) is 4.73. The van der Waals surface area contributed by atoms with Crippen LogP contribution >= 0.6 is 35.0 Å². The van der Waals surface area contributed by atoms with Gasteiger partial charge < -0.3 is 10.1 Å². The molecule has 3 aromatic rings. The van der Waals surface area contributed by atoms with Crippen LogP contribution in [0.25, 0.3) is 0 Å². The van der Waals surface area contributed by atoms with Crippen molar-refractivity contribution in [3.63, 3.8) is 0 Å². The number of nitrogens with zero attached hydrogens (tertiary/aromatic N) is 4. The molecule has 4 rings (SSSR count). The van der Waals surface area contributed by atoms with E-state index in [2.05, 4.69) is 20.8 Å². The third-order valence-electron chi connectivity index (χ3n) is 4.59. The van der Waals surface area contributed by atoms with E-state index in [0.717, 1.165) is 25.0 Å². The summed E-state index contributed by atoms with van der Waals surface area (Å²) in [6.07, 6.45) is 2.10. The Morgan fingerprint density at radius 2 is 2.00 bits per heavy atom. The van der Waals surface area contributed by atoms with Crippen LogP contribution in [-0.2, 0) is 16.1 Å². The largest absolute Gasteiger partial charge is 0.376 e. The van der Waals surface area contributed by atoms with Crippen LogP contribution in [0.3, 0.4) is 0 Å². The van der Waals surface area contributed by atoms with Gasteiger partial charge in [-0.15, -0.1) is 5.10 Å². The van der Waals surface area contributed by atoms with Crippen molar-refractivity contribution >= 4 is 46.6 Å². The van der Waals surface area contributed by atoms with Crippen LogP contribution in [-0.4, -0.2) is 38.8 Å². The number of anilines is 1. The summed E-state index contributed by atoms with van der Waals surface area (Å²) in [6, 6.07) is 14.4. The highest BCUT2D eigenvalue weighted by molar-refractivity contribution is 8.00. The number of benzene rings is 2. The minimum Gasteiger partial charge on any atom is -0.376 e. The van der Waals surface area contributed by atoms with E-state index in [1.165, 1.54) is 11.8 Å². The fourth-order valence-electron chi connectivity index (χ4n) is 3.22. The molecule has 0 saturated carbocycles. The second kappa shape index (κ2) is 9.78. The monoisotopic (exact) mass is 463 g/mol. The average molecular weight is 464 g/mol. The van der Waals surface area contributed by atoms with Gasteiger partial charge >= 0.3 is 0 Å². The van der Waals surface area contributed by atoms with E-state index in [9.17, 15) is 4.79 Å². The molecule has 2 heterocycles. The van der Waals surface area contributed by atoms with E-state index in [1.54, 1.807) is 22.9 Å². The van der Waals surface area contributed by atoms with Crippen molar-refractivity contribution < 1.29 is 9.53 Å². The van der Waals surface area contributed by atoms with Gasteiger partial charge in [0.15, 0.2) is 0 Å². The van der Waals surface area contributed by atoms with Gasteiger partial charge in [0.25, 0.3) is 0 Å². The summed E-state index contributed by atoms with van der Waals surface area (Å²) in [5.41, 5.74) is 1.36. The molecular weight excluding hydrogens is 445 g/mol. The van der Waals surface area contributed by atoms with Crippen molar-refractivity contribution in [2.24, 2.45) is 0 Å². The molecule has 7 nitrogen and oxygen atoms in total. The number of rotatable bonds is 7. The first-order valence-corrected chi connectivity index (χ1v) is 11.1. The second-order valence-electron chi connectivity index (χ2n) is 6.83. The molecule has 30 heavy (non-hydrogen) atoms. The van der Waals surface area contributed by atoms with Crippen LogP contribution in [0.5, 0.6) is 0 Å². The van der Waals surface area contributed by atoms with Gasteiger partial charge in [-0.3, -0.25) is 4.79 Å². The van der Waals surface area contributed by atoms with Crippen LogP contribution in [0.1, 0.15) is 23.7 Å². The maximum atomic E-state index is 13.2. The highest BCUT2D eigenvalue weighted by Gasteiger charge is 2.26. The number of carbonyl (C=O) groups is 1. The number of thioether (sulfide) groups is 1. The zero-order valence-corrected chi connectivity index (χ0v) is 18.2. The minimum atomic E-state index is -0.571. The molecule has 0 aliphatic carbocycles. The quantitative estimate of drug-likeness (QED) is 0.514. The molecular formula is C20H19Cl2N5O2S. The van der Waals surface area contributed by atoms with Crippen LogP contribution < -0.4 is 5.32 Å². The van der Waals surface area contributed by atoms with Crippen LogP contribution in [0.4, 0.5) is 5.69 Å².